The maximum atomic E-state index is 11.7. The molecular weight excluding hydrogens is 212 g/mol. The Morgan fingerprint density at radius 3 is 2.69 bits per heavy atom. The van der Waals surface area contributed by atoms with Crippen molar-refractivity contribution in [2.45, 2.75) is 37.8 Å². The minimum Gasteiger partial charge on any atom is -0.480 e. The second-order valence-electron chi connectivity index (χ2n) is 3.91. The van der Waals surface area contributed by atoms with Crippen LogP contribution in [0.15, 0.2) is 0 Å². The maximum absolute atomic E-state index is 11.7. The van der Waals surface area contributed by atoms with E-state index < -0.39 is 12.0 Å². The number of aliphatic hydroxyl groups excluding tert-OH is 1. The highest BCUT2D eigenvalue weighted by molar-refractivity contribution is 5.86. The molecule has 6 heteroatoms. The van der Waals surface area contributed by atoms with Gasteiger partial charge in [0.15, 0.2) is 0 Å². The number of amides is 1. The van der Waals surface area contributed by atoms with Gasteiger partial charge in [0.25, 0.3) is 0 Å². The van der Waals surface area contributed by atoms with Crippen LogP contribution in [0.3, 0.4) is 0 Å². The molecule has 0 aliphatic carbocycles. The van der Waals surface area contributed by atoms with Crippen LogP contribution in [0.2, 0.25) is 0 Å². The predicted molar refractivity (Wildman–Crippen MR) is 56.9 cm³/mol. The number of carboxylic acid groups (broad SMARTS) is 1. The van der Waals surface area contributed by atoms with Gasteiger partial charge in [0.2, 0.25) is 5.91 Å². The van der Waals surface area contributed by atoms with Gasteiger partial charge < -0.3 is 20.8 Å². The second kappa shape index (κ2) is 6.44. The summed E-state index contributed by atoms with van der Waals surface area (Å²) in [6.07, 6.45) is 2.79. The van der Waals surface area contributed by atoms with Gasteiger partial charge in [0.1, 0.15) is 6.04 Å². The van der Waals surface area contributed by atoms with Crippen LogP contribution in [0.4, 0.5) is 0 Å². The third-order valence-corrected chi connectivity index (χ3v) is 2.66. The first-order valence-electron chi connectivity index (χ1n) is 5.52. The van der Waals surface area contributed by atoms with Crippen molar-refractivity contribution in [3.05, 3.63) is 0 Å². The summed E-state index contributed by atoms with van der Waals surface area (Å²) in [6.45, 7) is 0.533. The van der Waals surface area contributed by atoms with Crippen LogP contribution in [0.25, 0.3) is 0 Å². The Morgan fingerprint density at radius 2 is 2.19 bits per heavy atom. The van der Waals surface area contributed by atoms with Crippen LogP contribution < -0.4 is 10.6 Å². The normalized spacial score (nSPS) is 22.4. The fourth-order valence-corrected chi connectivity index (χ4v) is 1.73. The van der Waals surface area contributed by atoms with E-state index in [4.69, 9.17) is 10.2 Å². The Kier molecular flexibility index (Phi) is 5.21. The van der Waals surface area contributed by atoms with E-state index >= 15 is 0 Å². The summed E-state index contributed by atoms with van der Waals surface area (Å²) in [7, 11) is 0. The molecule has 0 spiro atoms. The molecule has 0 aromatic heterocycles. The van der Waals surface area contributed by atoms with E-state index in [0.717, 1.165) is 25.8 Å². The van der Waals surface area contributed by atoms with E-state index in [-0.39, 0.29) is 25.0 Å². The minimum atomic E-state index is -1.11. The third-order valence-electron chi connectivity index (χ3n) is 2.66. The number of piperidine rings is 1. The van der Waals surface area contributed by atoms with Gasteiger partial charge in [-0.2, -0.15) is 0 Å². The van der Waals surface area contributed by atoms with Crippen LogP contribution >= 0.6 is 0 Å². The minimum absolute atomic E-state index is 0.0355. The smallest absolute Gasteiger partial charge is 0.326 e. The zero-order chi connectivity index (χ0) is 12.0. The summed E-state index contributed by atoms with van der Waals surface area (Å²) in [4.78, 5) is 22.4. The molecule has 1 amide bonds. The first-order valence-corrected chi connectivity index (χ1v) is 5.52. The lowest BCUT2D eigenvalue weighted by Gasteiger charge is -2.24. The quantitative estimate of drug-likeness (QED) is 0.489. The van der Waals surface area contributed by atoms with Gasteiger partial charge in [-0.1, -0.05) is 6.42 Å². The third kappa shape index (κ3) is 3.79. The van der Waals surface area contributed by atoms with Crippen molar-refractivity contribution in [2.24, 2.45) is 0 Å². The summed E-state index contributed by atoms with van der Waals surface area (Å²) in [6, 6.07) is -1.30. The Balaban J connectivity index is 2.43. The lowest BCUT2D eigenvalue weighted by Crippen LogP contribution is -2.51. The molecule has 0 aromatic rings. The molecule has 1 fully saturated rings. The van der Waals surface area contributed by atoms with Gasteiger partial charge in [-0.3, -0.25) is 4.79 Å². The van der Waals surface area contributed by atoms with Gasteiger partial charge in [0, 0.05) is 13.0 Å². The van der Waals surface area contributed by atoms with Crippen molar-refractivity contribution in [2.75, 3.05) is 13.2 Å². The topological polar surface area (TPSA) is 98.7 Å². The van der Waals surface area contributed by atoms with E-state index in [0.29, 0.717) is 0 Å². The molecule has 0 radical (unpaired) electrons. The largest absolute Gasteiger partial charge is 0.480 e. The zero-order valence-electron chi connectivity index (χ0n) is 9.11. The van der Waals surface area contributed by atoms with Gasteiger partial charge in [0.05, 0.1) is 6.04 Å². The van der Waals surface area contributed by atoms with Crippen molar-refractivity contribution in [1.82, 2.24) is 10.6 Å². The van der Waals surface area contributed by atoms with Crippen molar-refractivity contribution in [3.8, 4) is 0 Å². The van der Waals surface area contributed by atoms with Crippen LogP contribution in [0.5, 0.6) is 0 Å². The van der Waals surface area contributed by atoms with E-state index in [9.17, 15) is 9.59 Å². The summed E-state index contributed by atoms with van der Waals surface area (Å²) in [5.41, 5.74) is 0. The number of carboxylic acids is 1. The van der Waals surface area contributed by atoms with Crippen LogP contribution in [0, 0.1) is 0 Å². The molecule has 1 unspecified atom stereocenters. The zero-order valence-corrected chi connectivity index (χ0v) is 9.11. The molecule has 16 heavy (non-hydrogen) atoms. The Labute approximate surface area is 94.0 Å². The van der Waals surface area contributed by atoms with Gasteiger partial charge >= 0.3 is 5.97 Å². The number of aliphatic carboxylic acids is 1. The first kappa shape index (κ1) is 12.9. The molecule has 0 bridgehead atoms. The summed E-state index contributed by atoms with van der Waals surface area (Å²) in [5.74, 6) is -1.40. The van der Waals surface area contributed by atoms with Crippen LogP contribution in [0.1, 0.15) is 25.7 Å². The highest BCUT2D eigenvalue weighted by Gasteiger charge is 2.25. The standard InChI is InChI=1S/C10H18N2O4/c13-6-4-8(10(15)16)12-9(14)7-3-1-2-5-11-7/h7-8,11,13H,1-6H2,(H,12,14)(H,15,16)/t7?,8-/m1/s1. The van der Waals surface area contributed by atoms with Gasteiger partial charge in [-0.25, -0.2) is 4.79 Å². The maximum Gasteiger partial charge on any atom is 0.326 e. The van der Waals surface area contributed by atoms with Crippen LogP contribution in [-0.2, 0) is 9.59 Å². The number of rotatable bonds is 5. The lowest BCUT2D eigenvalue weighted by molar-refractivity contribution is -0.142. The summed E-state index contributed by atoms with van der Waals surface area (Å²) < 4.78 is 0. The average Bonchev–Trinajstić information content (AvgIpc) is 2.29. The lowest BCUT2D eigenvalue weighted by atomic mass is 10.0. The number of carbonyl (C=O) groups is 2. The first-order chi connectivity index (χ1) is 7.65. The molecule has 0 saturated carbocycles. The second-order valence-corrected chi connectivity index (χ2v) is 3.91. The molecular formula is C10H18N2O4. The van der Waals surface area contributed by atoms with Crippen molar-refractivity contribution in [1.29, 1.82) is 0 Å². The molecule has 1 aliphatic rings. The summed E-state index contributed by atoms with van der Waals surface area (Å²) >= 11 is 0. The molecule has 2 atom stereocenters. The molecule has 4 N–H and O–H groups in total. The fourth-order valence-electron chi connectivity index (χ4n) is 1.73. The Bertz CT molecular complexity index is 251. The van der Waals surface area contributed by atoms with E-state index in [1.165, 1.54) is 0 Å². The molecule has 6 nitrogen and oxygen atoms in total. The molecule has 0 aromatic carbocycles. The van der Waals surface area contributed by atoms with E-state index in [1.54, 1.807) is 0 Å². The molecule has 1 aliphatic heterocycles. The number of carbonyl (C=O) groups excluding carboxylic acids is 1. The van der Waals surface area contributed by atoms with Gasteiger partial charge in [-0.05, 0) is 19.4 Å². The molecule has 1 rings (SSSR count). The van der Waals surface area contributed by atoms with E-state index in [2.05, 4.69) is 10.6 Å². The van der Waals surface area contributed by atoms with Crippen molar-refractivity contribution >= 4 is 11.9 Å². The fraction of sp³-hybridized carbons (Fsp3) is 0.800. The highest BCUT2D eigenvalue weighted by atomic mass is 16.4. The molecule has 1 heterocycles. The molecule has 1 saturated heterocycles. The SMILES string of the molecule is O=C(N[C@H](CCO)C(=O)O)C1CCCCN1. The number of hydrogen-bond donors (Lipinski definition) is 4. The Hall–Kier alpha value is -1.14. The van der Waals surface area contributed by atoms with Crippen molar-refractivity contribution in [3.63, 3.8) is 0 Å². The highest BCUT2D eigenvalue weighted by Crippen LogP contribution is 2.07. The van der Waals surface area contributed by atoms with Crippen molar-refractivity contribution < 1.29 is 19.8 Å². The number of nitrogens with one attached hydrogen (secondary N) is 2. The summed E-state index contributed by atoms with van der Waals surface area (Å²) in [5, 5.41) is 22.9. The van der Waals surface area contributed by atoms with Gasteiger partial charge in [-0.15, -0.1) is 0 Å². The predicted octanol–water partition coefficient (Wildman–Crippen LogP) is -0.920. The molecule has 92 valence electrons. The monoisotopic (exact) mass is 230 g/mol. The number of hydrogen-bond acceptors (Lipinski definition) is 4. The average molecular weight is 230 g/mol. The number of aliphatic hydroxyl groups is 1. The Morgan fingerprint density at radius 1 is 1.44 bits per heavy atom. The van der Waals surface area contributed by atoms with E-state index in [1.807, 2.05) is 0 Å². The van der Waals surface area contributed by atoms with Crippen LogP contribution in [-0.4, -0.2) is 47.3 Å².